The molecule has 110 valence electrons. The molecule has 0 aliphatic heterocycles. The van der Waals surface area contributed by atoms with Gasteiger partial charge >= 0.3 is 0 Å². The van der Waals surface area contributed by atoms with Gasteiger partial charge in [0.2, 0.25) is 0 Å². The molecule has 0 aliphatic carbocycles. The van der Waals surface area contributed by atoms with E-state index in [9.17, 15) is 5.26 Å². The number of nitrogens with zero attached hydrogens (tertiary/aromatic N) is 3. The van der Waals surface area contributed by atoms with Crippen molar-refractivity contribution in [3.63, 3.8) is 0 Å². The number of benzene rings is 1. The summed E-state index contributed by atoms with van der Waals surface area (Å²) in [4.78, 5) is 0. The van der Waals surface area contributed by atoms with Crippen LogP contribution in [0.5, 0.6) is 0 Å². The van der Waals surface area contributed by atoms with Gasteiger partial charge in [-0.1, -0.05) is 51.1 Å². The van der Waals surface area contributed by atoms with Crippen molar-refractivity contribution >= 4 is 0 Å². The molecule has 1 atom stereocenters. The van der Waals surface area contributed by atoms with Gasteiger partial charge in [0.15, 0.2) is 0 Å². The van der Waals surface area contributed by atoms with Gasteiger partial charge in [-0.3, -0.25) is 10.00 Å². The van der Waals surface area contributed by atoms with E-state index in [0.717, 1.165) is 11.3 Å². The molecule has 0 saturated carbocycles. The normalized spacial score (nSPS) is 12.9. The second-order valence-electron chi connectivity index (χ2n) is 6.29. The van der Waals surface area contributed by atoms with E-state index in [1.165, 1.54) is 5.56 Å². The molecule has 1 aromatic carbocycles. The lowest BCUT2D eigenvalue weighted by atomic mass is 9.88. The third-order valence-electron chi connectivity index (χ3n) is 3.36. The predicted molar refractivity (Wildman–Crippen MR) is 83.5 cm³/mol. The maximum Gasteiger partial charge on any atom is 0.124 e. The van der Waals surface area contributed by atoms with Crippen LogP contribution in [0.2, 0.25) is 0 Å². The van der Waals surface area contributed by atoms with E-state index < -0.39 is 0 Å². The van der Waals surface area contributed by atoms with Crippen molar-refractivity contribution in [1.29, 1.82) is 5.26 Å². The van der Waals surface area contributed by atoms with Crippen LogP contribution in [0.15, 0.2) is 36.5 Å². The monoisotopic (exact) mass is 282 g/mol. The molecular weight excluding hydrogens is 260 g/mol. The summed E-state index contributed by atoms with van der Waals surface area (Å²) < 4.78 is 1.78. The van der Waals surface area contributed by atoms with Crippen LogP contribution in [0.4, 0.5) is 0 Å². The number of nitrogens with one attached hydrogen (secondary N) is 1. The average molecular weight is 282 g/mol. The van der Waals surface area contributed by atoms with E-state index in [1.54, 1.807) is 4.68 Å². The Morgan fingerprint density at radius 2 is 1.95 bits per heavy atom. The highest BCUT2D eigenvalue weighted by Crippen LogP contribution is 2.28. The van der Waals surface area contributed by atoms with Gasteiger partial charge in [-0.25, -0.2) is 0 Å². The van der Waals surface area contributed by atoms with E-state index in [0.29, 0.717) is 6.54 Å². The third-order valence-corrected chi connectivity index (χ3v) is 3.36. The number of hydrogen-bond acceptors (Lipinski definition) is 3. The van der Waals surface area contributed by atoms with Crippen molar-refractivity contribution in [1.82, 2.24) is 15.1 Å². The van der Waals surface area contributed by atoms with Gasteiger partial charge in [0, 0.05) is 30.8 Å². The highest BCUT2D eigenvalue weighted by Gasteiger charge is 2.26. The van der Waals surface area contributed by atoms with Crippen LogP contribution in [0.1, 0.15) is 43.6 Å². The predicted octanol–water partition coefficient (Wildman–Crippen LogP) is 3.07. The average Bonchev–Trinajstić information content (AvgIpc) is 2.83. The highest BCUT2D eigenvalue weighted by atomic mass is 15.3. The second-order valence-corrected chi connectivity index (χ2v) is 6.29. The lowest BCUT2D eigenvalue weighted by molar-refractivity contribution is 0.536. The number of rotatable bonds is 4. The van der Waals surface area contributed by atoms with Gasteiger partial charge in [0.05, 0.1) is 11.8 Å². The van der Waals surface area contributed by atoms with Crippen LogP contribution in [-0.4, -0.2) is 9.78 Å². The van der Waals surface area contributed by atoms with E-state index in [4.69, 9.17) is 0 Å². The molecular formula is C17H22N4. The molecule has 21 heavy (non-hydrogen) atoms. The molecule has 0 bridgehead atoms. The molecule has 0 aliphatic rings. The Bertz CT molecular complexity index is 629. The van der Waals surface area contributed by atoms with Crippen LogP contribution >= 0.6 is 0 Å². The number of hydrogen-bond donors (Lipinski definition) is 1. The van der Waals surface area contributed by atoms with E-state index in [-0.39, 0.29) is 11.5 Å². The Morgan fingerprint density at radius 3 is 2.52 bits per heavy atom. The lowest BCUT2D eigenvalue weighted by Gasteiger charge is -2.20. The minimum Gasteiger partial charge on any atom is -0.294 e. The topological polar surface area (TPSA) is 53.6 Å². The zero-order chi connectivity index (χ0) is 15.5. The van der Waals surface area contributed by atoms with Crippen molar-refractivity contribution in [2.24, 2.45) is 7.05 Å². The summed E-state index contributed by atoms with van der Waals surface area (Å²) in [7, 11) is 1.89. The molecule has 0 amide bonds. The quantitative estimate of drug-likeness (QED) is 0.937. The molecule has 0 radical (unpaired) electrons. The van der Waals surface area contributed by atoms with Gasteiger partial charge in [0.1, 0.15) is 6.04 Å². The zero-order valence-electron chi connectivity index (χ0n) is 13.1. The summed E-state index contributed by atoms with van der Waals surface area (Å²) in [5, 5.41) is 17.4. The first-order chi connectivity index (χ1) is 9.91. The molecule has 0 saturated heterocycles. The van der Waals surface area contributed by atoms with Crippen molar-refractivity contribution in [2.45, 2.75) is 38.8 Å². The van der Waals surface area contributed by atoms with Crippen LogP contribution < -0.4 is 5.32 Å². The van der Waals surface area contributed by atoms with Crippen LogP contribution in [0, 0.1) is 11.3 Å². The van der Waals surface area contributed by atoms with Gasteiger partial charge in [-0.05, 0) is 5.56 Å². The highest BCUT2D eigenvalue weighted by molar-refractivity contribution is 5.31. The summed E-state index contributed by atoms with van der Waals surface area (Å²) in [6.45, 7) is 7.01. The Morgan fingerprint density at radius 1 is 1.29 bits per heavy atom. The Labute approximate surface area is 126 Å². The first kappa shape index (κ1) is 15.3. The Kier molecular flexibility index (Phi) is 4.44. The van der Waals surface area contributed by atoms with E-state index in [1.807, 2.05) is 31.4 Å². The smallest absolute Gasteiger partial charge is 0.124 e. The van der Waals surface area contributed by atoms with Gasteiger partial charge in [-0.2, -0.15) is 10.4 Å². The van der Waals surface area contributed by atoms with Crippen molar-refractivity contribution in [2.75, 3.05) is 0 Å². The summed E-state index contributed by atoms with van der Waals surface area (Å²) in [5.41, 5.74) is 3.01. The molecule has 2 rings (SSSR count). The largest absolute Gasteiger partial charge is 0.294 e. The fraction of sp³-hybridized carbons (Fsp3) is 0.412. The molecule has 1 aromatic heterocycles. The number of aryl methyl sites for hydroxylation is 1. The molecule has 1 N–H and O–H groups in total. The molecule has 0 spiro atoms. The fourth-order valence-electron chi connectivity index (χ4n) is 2.34. The lowest BCUT2D eigenvalue weighted by Crippen LogP contribution is -2.23. The molecule has 4 heteroatoms. The minimum absolute atomic E-state index is 0.0832. The second kappa shape index (κ2) is 6.11. The van der Waals surface area contributed by atoms with Crippen LogP contribution in [0.3, 0.4) is 0 Å². The fourth-order valence-corrected chi connectivity index (χ4v) is 2.34. The van der Waals surface area contributed by atoms with E-state index >= 15 is 0 Å². The number of nitriles is 1. The summed E-state index contributed by atoms with van der Waals surface area (Å²) in [5.74, 6) is 0. The van der Waals surface area contributed by atoms with Crippen molar-refractivity contribution in [3.05, 3.63) is 53.3 Å². The van der Waals surface area contributed by atoms with Crippen LogP contribution in [-0.2, 0) is 19.0 Å². The van der Waals surface area contributed by atoms with Gasteiger partial charge in [-0.15, -0.1) is 0 Å². The standard InChI is InChI=1S/C17H22N4/c1-17(2,3)16-14(12-21(4)20-16)15(10-18)19-11-13-8-6-5-7-9-13/h5-9,12,15,19H,11H2,1-4H3. The maximum absolute atomic E-state index is 9.51. The minimum atomic E-state index is -0.354. The SMILES string of the molecule is Cn1cc(C(C#N)NCc2ccccc2)c(C(C)(C)C)n1. The first-order valence-electron chi connectivity index (χ1n) is 7.13. The molecule has 1 heterocycles. The van der Waals surface area contributed by atoms with E-state index in [2.05, 4.69) is 49.4 Å². The Balaban J connectivity index is 2.21. The van der Waals surface area contributed by atoms with Crippen LogP contribution in [0.25, 0.3) is 0 Å². The third kappa shape index (κ3) is 3.71. The molecule has 4 nitrogen and oxygen atoms in total. The summed E-state index contributed by atoms with van der Waals surface area (Å²) in [6.07, 6.45) is 1.94. The maximum atomic E-state index is 9.51. The molecule has 0 fully saturated rings. The summed E-state index contributed by atoms with van der Waals surface area (Å²) in [6, 6.07) is 12.1. The molecule has 2 aromatic rings. The van der Waals surface area contributed by atoms with Crippen molar-refractivity contribution < 1.29 is 0 Å². The number of aromatic nitrogens is 2. The molecule has 1 unspecified atom stereocenters. The van der Waals surface area contributed by atoms with Crippen molar-refractivity contribution in [3.8, 4) is 6.07 Å². The van der Waals surface area contributed by atoms with Gasteiger partial charge in [0.25, 0.3) is 0 Å². The first-order valence-corrected chi connectivity index (χ1v) is 7.13. The van der Waals surface area contributed by atoms with Gasteiger partial charge < -0.3 is 0 Å². The Hall–Kier alpha value is -2.12. The zero-order valence-corrected chi connectivity index (χ0v) is 13.1. The summed E-state index contributed by atoms with van der Waals surface area (Å²) >= 11 is 0.